The van der Waals surface area contributed by atoms with Crippen LogP contribution in [-0.4, -0.2) is 36.6 Å². The van der Waals surface area contributed by atoms with Gasteiger partial charge in [-0.05, 0) is 50.0 Å². The lowest BCUT2D eigenvalue weighted by atomic mass is 10.1. The molecule has 0 saturated carbocycles. The van der Waals surface area contributed by atoms with Crippen molar-refractivity contribution >= 4 is 10.9 Å². The molecule has 1 aromatic carbocycles. The number of benzene rings is 1. The van der Waals surface area contributed by atoms with Crippen molar-refractivity contribution < 1.29 is 7.48 Å². The van der Waals surface area contributed by atoms with Crippen molar-refractivity contribution in [2.24, 2.45) is 0 Å². The van der Waals surface area contributed by atoms with Gasteiger partial charge in [-0.1, -0.05) is 6.07 Å². The van der Waals surface area contributed by atoms with Crippen LogP contribution in [0.1, 0.15) is 21.1 Å². The molecule has 1 fully saturated rings. The summed E-state index contributed by atoms with van der Waals surface area (Å²) >= 11 is 0. The number of nitrogens with zero attached hydrogens (tertiary/aromatic N) is 1. The van der Waals surface area contributed by atoms with Crippen molar-refractivity contribution in [3.8, 4) is 5.75 Å². The van der Waals surface area contributed by atoms with Gasteiger partial charge in [0.2, 0.25) is 0 Å². The fourth-order valence-corrected chi connectivity index (χ4v) is 2.60. The predicted molar refractivity (Wildman–Crippen MR) is 74.2 cm³/mol. The minimum Gasteiger partial charge on any atom is -0.496 e. The van der Waals surface area contributed by atoms with Crippen LogP contribution in [-0.2, 0) is 6.42 Å². The number of aromatic nitrogens is 1. The number of hydrogen-bond donors (Lipinski definition) is 1. The molecule has 18 heavy (non-hydrogen) atoms. The number of nitrogens with one attached hydrogen (secondary N) is 1. The summed E-state index contributed by atoms with van der Waals surface area (Å²) < 4.78 is 22.1. The molecule has 1 saturated heterocycles. The summed E-state index contributed by atoms with van der Waals surface area (Å²) in [7, 11) is 1.65. The van der Waals surface area contributed by atoms with Gasteiger partial charge in [0.25, 0.3) is 0 Å². The average Bonchev–Trinajstić information content (AvgIpc) is 3.08. The van der Waals surface area contributed by atoms with Gasteiger partial charge in [0.05, 0.1) is 7.11 Å². The lowest BCUT2D eigenvalue weighted by Crippen LogP contribution is -2.21. The van der Waals surface area contributed by atoms with Gasteiger partial charge in [-0.15, -0.1) is 0 Å². The Morgan fingerprint density at radius 3 is 3.00 bits per heavy atom. The SMILES string of the molecule is [2H]C([2H])(Cc1c[nH]c2cccc(OC)c12)N1CCCC1. The van der Waals surface area contributed by atoms with Crippen molar-refractivity contribution in [2.45, 2.75) is 19.3 Å². The highest BCUT2D eigenvalue weighted by atomic mass is 16.5. The summed E-state index contributed by atoms with van der Waals surface area (Å²) in [5.41, 5.74) is 1.98. The maximum absolute atomic E-state index is 8.34. The highest BCUT2D eigenvalue weighted by molar-refractivity contribution is 5.89. The summed E-state index contributed by atoms with van der Waals surface area (Å²) in [4.78, 5) is 5.16. The molecule has 1 aliphatic heterocycles. The minimum atomic E-state index is -1.30. The van der Waals surface area contributed by atoms with Gasteiger partial charge < -0.3 is 14.6 Å². The Morgan fingerprint density at radius 2 is 2.22 bits per heavy atom. The third-order valence-electron chi connectivity index (χ3n) is 3.57. The lowest BCUT2D eigenvalue weighted by Gasteiger charge is -2.14. The first kappa shape index (κ1) is 9.45. The van der Waals surface area contributed by atoms with Gasteiger partial charge in [-0.2, -0.15) is 0 Å². The second kappa shape index (κ2) is 5.02. The van der Waals surface area contributed by atoms with E-state index in [4.69, 9.17) is 7.48 Å². The molecule has 1 N–H and O–H groups in total. The summed E-state index contributed by atoms with van der Waals surface area (Å²) in [6.45, 7) is 0.408. The maximum atomic E-state index is 8.34. The number of ether oxygens (including phenoxy) is 1. The van der Waals surface area contributed by atoms with Crippen LogP contribution in [0.15, 0.2) is 24.4 Å². The molecule has 0 atom stereocenters. The number of methoxy groups -OCH3 is 1. The van der Waals surface area contributed by atoms with Gasteiger partial charge >= 0.3 is 0 Å². The van der Waals surface area contributed by atoms with E-state index >= 15 is 0 Å². The molecular formula is C15H20N2O. The number of hydrogen-bond acceptors (Lipinski definition) is 2. The number of aryl methyl sites for hydroxylation is 1. The highest BCUT2D eigenvalue weighted by Gasteiger charge is 2.13. The average molecular weight is 246 g/mol. The van der Waals surface area contributed by atoms with Gasteiger partial charge in [0.15, 0.2) is 0 Å². The molecule has 0 unspecified atom stereocenters. The number of H-pyrrole nitrogens is 1. The molecule has 0 aliphatic carbocycles. The van der Waals surface area contributed by atoms with E-state index in [1.165, 1.54) is 0 Å². The molecule has 1 aliphatic rings. The molecular weight excluding hydrogens is 224 g/mol. The van der Waals surface area contributed by atoms with E-state index < -0.39 is 6.50 Å². The van der Waals surface area contributed by atoms with Crippen LogP contribution < -0.4 is 4.74 Å². The molecule has 1 aromatic heterocycles. The normalized spacial score (nSPS) is 18.9. The smallest absolute Gasteiger partial charge is 0.128 e. The largest absolute Gasteiger partial charge is 0.496 e. The minimum absolute atomic E-state index is 0.382. The summed E-state index contributed by atoms with van der Waals surface area (Å²) in [5.74, 6) is 0.802. The quantitative estimate of drug-likeness (QED) is 0.898. The zero-order valence-corrected chi connectivity index (χ0v) is 10.7. The third kappa shape index (κ3) is 2.10. The van der Waals surface area contributed by atoms with Crippen LogP contribution in [0.4, 0.5) is 0 Å². The third-order valence-corrected chi connectivity index (χ3v) is 3.57. The highest BCUT2D eigenvalue weighted by Crippen LogP contribution is 2.29. The molecule has 0 spiro atoms. The fourth-order valence-electron chi connectivity index (χ4n) is 2.60. The number of fused-ring (bicyclic) bond motifs is 1. The van der Waals surface area contributed by atoms with Gasteiger partial charge in [0.1, 0.15) is 5.75 Å². The first-order valence-corrected chi connectivity index (χ1v) is 6.50. The van der Waals surface area contributed by atoms with Crippen molar-refractivity contribution in [2.75, 3.05) is 26.7 Å². The number of rotatable bonds is 4. The summed E-state index contributed by atoms with van der Waals surface area (Å²) in [5, 5.41) is 0.998. The van der Waals surface area contributed by atoms with Crippen molar-refractivity contribution in [3.63, 3.8) is 0 Å². The Hall–Kier alpha value is -1.48. The Kier molecular flexibility index (Phi) is 2.64. The van der Waals surface area contributed by atoms with Crippen LogP contribution in [0.5, 0.6) is 5.75 Å². The van der Waals surface area contributed by atoms with E-state index in [0.29, 0.717) is 6.42 Å². The lowest BCUT2D eigenvalue weighted by molar-refractivity contribution is 0.344. The van der Waals surface area contributed by atoms with Crippen LogP contribution in [0.3, 0.4) is 0 Å². The monoisotopic (exact) mass is 246 g/mol. The predicted octanol–water partition coefficient (Wildman–Crippen LogP) is 2.81. The van der Waals surface area contributed by atoms with Crippen LogP contribution in [0.25, 0.3) is 10.9 Å². The Bertz CT molecular complexity index is 603. The van der Waals surface area contributed by atoms with Crippen molar-refractivity contribution in [3.05, 3.63) is 30.0 Å². The van der Waals surface area contributed by atoms with E-state index in [1.807, 2.05) is 29.3 Å². The standard InChI is InChI=1S/C15H20N2O/c1-18-14-6-4-5-13-15(14)12(11-16-13)7-10-17-8-2-3-9-17/h4-6,11,16H,2-3,7-10H2,1H3/i10D2. The summed E-state index contributed by atoms with van der Waals surface area (Å²) in [6.07, 6.45) is 4.47. The Labute approximate surface area is 111 Å². The van der Waals surface area contributed by atoms with Crippen LogP contribution in [0, 0.1) is 0 Å². The molecule has 3 nitrogen and oxygen atoms in total. The van der Waals surface area contributed by atoms with E-state index in [1.54, 1.807) is 7.11 Å². The Balaban J connectivity index is 1.94. The molecule has 0 amide bonds. The molecule has 3 heteroatoms. The second-order valence-corrected chi connectivity index (χ2v) is 4.73. The molecule has 3 rings (SSSR count). The van der Waals surface area contributed by atoms with E-state index in [9.17, 15) is 0 Å². The van der Waals surface area contributed by atoms with Gasteiger partial charge in [0, 0.05) is 26.3 Å². The molecule has 2 aromatic rings. The zero-order valence-electron chi connectivity index (χ0n) is 12.7. The molecule has 0 bridgehead atoms. The number of aromatic amines is 1. The molecule has 2 heterocycles. The van der Waals surface area contributed by atoms with E-state index in [2.05, 4.69) is 4.98 Å². The van der Waals surface area contributed by atoms with Crippen molar-refractivity contribution in [1.82, 2.24) is 9.88 Å². The molecule has 96 valence electrons. The van der Waals surface area contributed by atoms with Crippen LogP contribution in [0.2, 0.25) is 0 Å². The summed E-state index contributed by atoms with van der Waals surface area (Å²) in [6, 6.07) is 5.86. The number of likely N-dealkylation sites (tertiary alicyclic amines) is 1. The zero-order chi connectivity index (χ0) is 14.2. The van der Waals surface area contributed by atoms with E-state index in [-0.39, 0.29) is 0 Å². The van der Waals surface area contributed by atoms with Gasteiger partial charge in [-0.25, -0.2) is 0 Å². The first-order valence-electron chi connectivity index (χ1n) is 7.50. The first-order chi connectivity index (χ1) is 9.62. The topological polar surface area (TPSA) is 28.3 Å². The van der Waals surface area contributed by atoms with Gasteiger partial charge in [-0.3, -0.25) is 0 Å². The maximum Gasteiger partial charge on any atom is 0.128 e. The fraction of sp³-hybridized carbons (Fsp3) is 0.467. The van der Waals surface area contributed by atoms with Crippen molar-refractivity contribution in [1.29, 1.82) is 0 Å². The molecule has 0 radical (unpaired) electrons. The van der Waals surface area contributed by atoms with Crippen LogP contribution >= 0.6 is 0 Å². The van der Waals surface area contributed by atoms with E-state index in [0.717, 1.165) is 48.1 Å². The Morgan fingerprint density at radius 1 is 1.39 bits per heavy atom. The second-order valence-electron chi connectivity index (χ2n) is 4.73.